The minimum atomic E-state index is -2.62. The molecule has 1 aromatic heterocycles. The number of nitrogens with two attached hydrogens (primary N) is 1. The maximum absolute atomic E-state index is 14.0. The van der Waals surface area contributed by atoms with Crippen LogP contribution in [0.15, 0.2) is 71.6 Å². The van der Waals surface area contributed by atoms with E-state index in [1.807, 2.05) is 36.4 Å². The van der Waals surface area contributed by atoms with Gasteiger partial charge < -0.3 is 26.2 Å². The lowest BCUT2D eigenvalue weighted by molar-refractivity contribution is -0.147. The van der Waals surface area contributed by atoms with Crippen molar-refractivity contribution in [2.45, 2.75) is 24.4 Å². The number of phenolic OH excluding ortho intramolecular Hbond substituents is 1. The molecule has 3 aromatic rings. The molecule has 6 rings (SSSR count). The molecule has 1 fully saturated rings. The molecule has 9 nitrogen and oxygen atoms in total. The number of hydrogen-bond donors (Lipinski definition) is 5. The first-order valence-electron chi connectivity index (χ1n) is 11.8. The van der Waals surface area contributed by atoms with Gasteiger partial charge in [-0.1, -0.05) is 36.4 Å². The number of aliphatic hydroxyl groups excluding tert-OH is 2. The Labute approximate surface area is 210 Å². The second kappa shape index (κ2) is 7.75. The second-order valence-corrected chi connectivity index (χ2v) is 9.76. The molecule has 0 bridgehead atoms. The van der Waals surface area contributed by atoms with E-state index >= 15 is 0 Å². The van der Waals surface area contributed by atoms with Gasteiger partial charge >= 0.3 is 0 Å². The molecule has 0 aliphatic heterocycles. The molecule has 1 heterocycles. The molecule has 6 N–H and O–H groups in total. The molecule has 1 unspecified atom stereocenters. The maximum atomic E-state index is 14.0. The van der Waals surface area contributed by atoms with Gasteiger partial charge in [0.15, 0.2) is 17.1 Å². The summed E-state index contributed by atoms with van der Waals surface area (Å²) in [6, 6.07) is 14.5. The number of primary amides is 1. The number of benzene rings is 2. The largest absolute Gasteiger partial charge is 0.508 e. The molecule has 1 saturated carbocycles. The van der Waals surface area contributed by atoms with Crippen molar-refractivity contribution in [2.24, 2.45) is 17.6 Å². The Morgan fingerprint density at radius 2 is 1.78 bits per heavy atom. The molecule has 186 valence electrons. The van der Waals surface area contributed by atoms with Crippen molar-refractivity contribution in [3.63, 3.8) is 0 Å². The number of aromatic hydroxyl groups is 1. The summed E-state index contributed by atoms with van der Waals surface area (Å²) in [7, 11) is 0. The van der Waals surface area contributed by atoms with E-state index in [1.54, 1.807) is 12.1 Å². The van der Waals surface area contributed by atoms with Crippen LogP contribution in [0.1, 0.15) is 35.4 Å². The Morgan fingerprint density at radius 1 is 1.05 bits per heavy atom. The molecule has 1 amide bonds. The Hall–Kier alpha value is -4.50. The molecular formula is C28H22N2O7. The predicted molar refractivity (Wildman–Crippen MR) is 131 cm³/mol. The van der Waals surface area contributed by atoms with Crippen LogP contribution in [0.3, 0.4) is 0 Å². The normalized spacial score (nSPS) is 27.1. The Bertz CT molecular complexity index is 1610. The molecule has 2 aromatic carbocycles. The molecule has 3 aliphatic carbocycles. The number of rotatable bonds is 2. The van der Waals surface area contributed by atoms with Gasteiger partial charge in [0.25, 0.3) is 5.91 Å². The SMILES string of the molecule is NC(=O)C1=C(O)[C@@]2(O)C(=O)C3=C(O)c4c(cc5cccnc5c4O)[C@H](c4ccccc4)C3C[C@H]2CC1=O. The fourth-order valence-corrected chi connectivity index (χ4v) is 6.32. The van der Waals surface area contributed by atoms with Crippen LogP contribution in [-0.4, -0.2) is 48.5 Å². The smallest absolute Gasteiger partial charge is 0.255 e. The van der Waals surface area contributed by atoms with Gasteiger partial charge in [-0.05, 0) is 29.7 Å². The number of carbonyl (C=O) groups excluding carboxylic acids is 3. The van der Waals surface area contributed by atoms with E-state index in [1.165, 1.54) is 6.20 Å². The number of phenols is 1. The highest BCUT2D eigenvalue weighted by Crippen LogP contribution is 2.57. The number of aliphatic hydroxyl groups is 3. The number of amides is 1. The standard InChI is InChI=1S/C28H22N2O7/c29-27(36)21-17(31)11-14-10-16-18(12-5-2-1-3-6-12)15-9-13-7-4-8-30-22(13)24(33)19(15)23(32)20(16)25(34)28(14,37)26(21)35/h1-9,14,16,18,32-33,35,37H,10-11H2,(H2,29,36)/t14-,16?,18-,28-/m0/s1. The van der Waals surface area contributed by atoms with E-state index in [4.69, 9.17) is 5.73 Å². The number of hydrogen-bond acceptors (Lipinski definition) is 8. The highest BCUT2D eigenvalue weighted by Gasteiger charge is 2.61. The van der Waals surface area contributed by atoms with Gasteiger partial charge in [-0.2, -0.15) is 0 Å². The minimum absolute atomic E-state index is 0.00665. The van der Waals surface area contributed by atoms with Crippen molar-refractivity contribution >= 4 is 34.1 Å². The first kappa shape index (κ1) is 22.9. The molecule has 0 saturated heterocycles. The lowest BCUT2D eigenvalue weighted by atomic mass is 9.56. The number of Topliss-reactive ketones (excluding diaryl/α,β-unsaturated/α-hetero) is 2. The third kappa shape index (κ3) is 2.94. The molecule has 37 heavy (non-hydrogen) atoms. The molecule has 0 radical (unpaired) electrons. The number of fused-ring (bicyclic) bond motifs is 4. The monoisotopic (exact) mass is 498 g/mol. The van der Waals surface area contributed by atoms with E-state index in [9.17, 15) is 34.8 Å². The average molecular weight is 498 g/mol. The summed E-state index contributed by atoms with van der Waals surface area (Å²) in [5.41, 5.74) is 3.21. The van der Waals surface area contributed by atoms with Crippen molar-refractivity contribution in [1.29, 1.82) is 0 Å². The zero-order valence-electron chi connectivity index (χ0n) is 19.4. The van der Waals surface area contributed by atoms with Gasteiger partial charge in [-0.25, -0.2) is 0 Å². The average Bonchev–Trinajstić information content (AvgIpc) is 2.87. The van der Waals surface area contributed by atoms with Gasteiger partial charge in [0.1, 0.15) is 22.6 Å². The van der Waals surface area contributed by atoms with Gasteiger partial charge in [0.05, 0.1) is 5.56 Å². The van der Waals surface area contributed by atoms with Crippen LogP contribution in [0.4, 0.5) is 0 Å². The lowest BCUT2D eigenvalue weighted by Gasteiger charge is -2.48. The third-order valence-electron chi connectivity index (χ3n) is 7.93. The van der Waals surface area contributed by atoms with Crippen molar-refractivity contribution in [2.75, 3.05) is 0 Å². The fraction of sp³-hybridized carbons (Fsp3) is 0.214. The summed E-state index contributed by atoms with van der Waals surface area (Å²) < 4.78 is 0. The minimum Gasteiger partial charge on any atom is -0.508 e. The fourth-order valence-electron chi connectivity index (χ4n) is 6.32. The van der Waals surface area contributed by atoms with Crippen molar-refractivity contribution in [3.8, 4) is 5.75 Å². The predicted octanol–water partition coefficient (Wildman–Crippen LogP) is 2.56. The highest BCUT2D eigenvalue weighted by molar-refractivity contribution is 6.23. The molecule has 0 spiro atoms. The van der Waals surface area contributed by atoms with Gasteiger partial charge in [0, 0.05) is 41.3 Å². The van der Waals surface area contributed by atoms with Crippen LogP contribution in [0, 0.1) is 11.8 Å². The van der Waals surface area contributed by atoms with Crippen molar-refractivity contribution in [1.82, 2.24) is 4.98 Å². The van der Waals surface area contributed by atoms with Crippen LogP contribution >= 0.6 is 0 Å². The summed E-state index contributed by atoms with van der Waals surface area (Å²) in [4.78, 5) is 42.7. The Balaban J connectivity index is 1.67. The number of nitrogens with zero attached hydrogens (tertiary/aromatic N) is 1. The third-order valence-corrected chi connectivity index (χ3v) is 7.93. The quantitative estimate of drug-likeness (QED) is 0.336. The van der Waals surface area contributed by atoms with E-state index in [2.05, 4.69) is 4.98 Å². The van der Waals surface area contributed by atoms with Crippen LogP contribution in [-0.2, 0) is 14.4 Å². The van der Waals surface area contributed by atoms with E-state index in [-0.39, 0.29) is 35.2 Å². The molecular weight excluding hydrogens is 476 g/mol. The lowest BCUT2D eigenvalue weighted by Crippen LogP contribution is -2.58. The van der Waals surface area contributed by atoms with Crippen LogP contribution < -0.4 is 5.73 Å². The van der Waals surface area contributed by atoms with Crippen LogP contribution in [0.5, 0.6) is 5.75 Å². The van der Waals surface area contributed by atoms with Crippen molar-refractivity contribution < 1.29 is 34.8 Å². The van der Waals surface area contributed by atoms with Crippen LogP contribution in [0.25, 0.3) is 16.7 Å². The highest BCUT2D eigenvalue weighted by atomic mass is 16.3. The van der Waals surface area contributed by atoms with E-state index in [0.717, 1.165) is 5.56 Å². The first-order valence-corrected chi connectivity index (χ1v) is 11.8. The zero-order chi connectivity index (χ0) is 26.2. The maximum Gasteiger partial charge on any atom is 0.255 e. The van der Waals surface area contributed by atoms with E-state index < -0.39 is 57.9 Å². The zero-order valence-corrected chi connectivity index (χ0v) is 19.4. The molecule has 3 aliphatic rings. The van der Waals surface area contributed by atoms with E-state index in [0.29, 0.717) is 10.9 Å². The summed E-state index contributed by atoms with van der Waals surface area (Å²) >= 11 is 0. The first-order chi connectivity index (χ1) is 17.7. The topological polar surface area (TPSA) is 171 Å². The number of carbonyl (C=O) groups is 3. The number of ketones is 2. The Kier molecular flexibility index (Phi) is 4.80. The number of aromatic nitrogens is 1. The molecule has 9 heteroatoms. The van der Waals surface area contributed by atoms with Gasteiger partial charge in [0.2, 0.25) is 5.78 Å². The second-order valence-electron chi connectivity index (χ2n) is 9.76. The van der Waals surface area contributed by atoms with Gasteiger partial charge in [-0.3, -0.25) is 19.4 Å². The molecule has 4 atom stereocenters. The Morgan fingerprint density at radius 3 is 2.49 bits per heavy atom. The van der Waals surface area contributed by atoms with Crippen molar-refractivity contribution in [3.05, 3.63) is 88.3 Å². The summed E-state index contributed by atoms with van der Waals surface area (Å²) in [5.74, 6) is -7.31. The summed E-state index contributed by atoms with van der Waals surface area (Å²) in [5, 5.41) is 45.6. The summed E-state index contributed by atoms with van der Waals surface area (Å²) in [6.07, 6.45) is 1.15. The summed E-state index contributed by atoms with van der Waals surface area (Å²) in [6.45, 7) is 0. The van der Waals surface area contributed by atoms with Crippen LogP contribution in [0.2, 0.25) is 0 Å². The van der Waals surface area contributed by atoms with Gasteiger partial charge in [-0.15, -0.1) is 0 Å². The number of pyridine rings is 1.